The number of nitrogens with two attached hydrogens (primary N) is 1. The molecule has 2 saturated carbocycles. The van der Waals surface area contributed by atoms with E-state index in [1.165, 1.54) is 11.7 Å². The Morgan fingerprint density at radius 3 is 2.61 bits per heavy atom. The number of rotatable bonds is 5. The van der Waals surface area contributed by atoms with Gasteiger partial charge in [0.15, 0.2) is 11.6 Å². The van der Waals surface area contributed by atoms with Crippen molar-refractivity contribution in [1.29, 1.82) is 0 Å². The zero-order valence-corrected chi connectivity index (χ0v) is 17.4. The van der Waals surface area contributed by atoms with Crippen molar-refractivity contribution in [3.63, 3.8) is 0 Å². The number of alkyl halides is 1. The van der Waals surface area contributed by atoms with Crippen LogP contribution >= 0.6 is 0 Å². The summed E-state index contributed by atoms with van der Waals surface area (Å²) in [5.74, 6) is -1.29. The molecular formula is C22H25F2N3O4. The molecule has 0 amide bonds. The van der Waals surface area contributed by atoms with Crippen LogP contribution in [0.4, 0.5) is 14.5 Å². The highest BCUT2D eigenvalue weighted by Gasteiger charge is 2.49. The van der Waals surface area contributed by atoms with Crippen molar-refractivity contribution in [2.24, 2.45) is 17.6 Å². The predicted molar refractivity (Wildman–Crippen MR) is 111 cm³/mol. The monoisotopic (exact) mass is 433 g/mol. The van der Waals surface area contributed by atoms with Gasteiger partial charge < -0.3 is 25.0 Å². The minimum atomic E-state index is -1.44. The van der Waals surface area contributed by atoms with E-state index < -0.39 is 40.5 Å². The molecule has 3 N–H and O–H groups in total. The molecule has 5 rings (SSSR count). The Balaban J connectivity index is 1.74. The van der Waals surface area contributed by atoms with Gasteiger partial charge in [0.1, 0.15) is 17.4 Å². The summed E-state index contributed by atoms with van der Waals surface area (Å²) in [4.78, 5) is 26.2. The second-order valence-corrected chi connectivity index (χ2v) is 9.37. The topological polar surface area (TPSA) is 97.8 Å². The first kappa shape index (κ1) is 20.2. The minimum Gasteiger partial charge on any atom is -0.492 e. The normalized spacial score (nSPS) is 30.1. The van der Waals surface area contributed by atoms with Crippen LogP contribution < -0.4 is 20.8 Å². The number of fused-ring (bicyclic) bond motifs is 1. The van der Waals surface area contributed by atoms with Crippen molar-refractivity contribution in [3.8, 4) is 5.75 Å². The van der Waals surface area contributed by atoms with E-state index in [4.69, 9.17) is 10.5 Å². The number of anilines is 1. The fourth-order valence-corrected chi connectivity index (χ4v) is 5.18. The molecule has 4 atom stereocenters. The van der Waals surface area contributed by atoms with Gasteiger partial charge in [-0.05, 0) is 37.7 Å². The van der Waals surface area contributed by atoms with Gasteiger partial charge in [-0.25, -0.2) is 13.6 Å². The van der Waals surface area contributed by atoms with Crippen molar-refractivity contribution >= 4 is 22.6 Å². The summed E-state index contributed by atoms with van der Waals surface area (Å²) < 4.78 is 36.4. The SMILES string of the molecule is COc1c(N2CC(C3CC3)C(C)(N)C2)c(F)cc2c(=O)c(C(=O)O)cn(C3CC3F)c12. The number of halogens is 2. The highest BCUT2D eigenvalue weighted by atomic mass is 19.1. The molecule has 1 aliphatic heterocycles. The highest BCUT2D eigenvalue weighted by Crippen LogP contribution is 2.49. The van der Waals surface area contributed by atoms with E-state index in [1.54, 1.807) is 0 Å². The third-order valence-corrected chi connectivity index (χ3v) is 6.97. The van der Waals surface area contributed by atoms with E-state index in [0.717, 1.165) is 25.1 Å². The molecule has 2 aliphatic carbocycles. The van der Waals surface area contributed by atoms with Gasteiger partial charge in [-0.1, -0.05) is 0 Å². The lowest BCUT2D eigenvalue weighted by atomic mass is 9.86. The van der Waals surface area contributed by atoms with Crippen molar-refractivity contribution in [1.82, 2.24) is 4.57 Å². The van der Waals surface area contributed by atoms with Crippen LogP contribution in [0.5, 0.6) is 5.75 Å². The summed E-state index contributed by atoms with van der Waals surface area (Å²) in [7, 11) is 1.37. The third-order valence-electron chi connectivity index (χ3n) is 6.97. The Morgan fingerprint density at radius 2 is 2.06 bits per heavy atom. The summed E-state index contributed by atoms with van der Waals surface area (Å²) in [6.07, 6.45) is 2.40. The second kappa shape index (κ2) is 6.66. The smallest absolute Gasteiger partial charge is 0.341 e. The maximum absolute atomic E-state index is 15.4. The number of aromatic nitrogens is 1. The zero-order chi connectivity index (χ0) is 22.2. The zero-order valence-electron chi connectivity index (χ0n) is 17.4. The molecule has 3 fully saturated rings. The van der Waals surface area contributed by atoms with Gasteiger partial charge in [0.2, 0.25) is 5.43 Å². The molecule has 1 saturated heterocycles. The largest absolute Gasteiger partial charge is 0.492 e. The lowest BCUT2D eigenvalue weighted by Crippen LogP contribution is -2.45. The molecule has 0 spiro atoms. The first-order chi connectivity index (χ1) is 14.6. The number of nitrogens with zero attached hydrogens (tertiary/aromatic N) is 2. The van der Waals surface area contributed by atoms with Gasteiger partial charge in [-0.15, -0.1) is 0 Å². The summed E-state index contributed by atoms with van der Waals surface area (Å²) in [5.41, 5.74) is 5.11. The van der Waals surface area contributed by atoms with Gasteiger partial charge in [0, 0.05) is 31.2 Å². The van der Waals surface area contributed by atoms with Crippen LogP contribution in [-0.2, 0) is 0 Å². The van der Waals surface area contributed by atoms with Gasteiger partial charge in [0.05, 0.1) is 24.1 Å². The van der Waals surface area contributed by atoms with Crippen LogP contribution in [0.15, 0.2) is 17.1 Å². The number of pyridine rings is 1. The number of benzene rings is 1. The number of hydrogen-bond acceptors (Lipinski definition) is 5. The molecule has 9 heteroatoms. The molecule has 1 aromatic carbocycles. The number of methoxy groups -OCH3 is 1. The van der Waals surface area contributed by atoms with Gasteiger partial charge >= 0.3 is 5.97 Å². The summed E-state index contributed by atoms with van der Waals surface area (Å²) in [6, 6.07) is 0.429. The molecule has 2 aromatic rings. The second-order valence-electron chi connectivity index (χ2n) is 9.37. The molecule has 7 nitrogen and oxygen atoms in total. The first-order valence-electron chi connectivity index (χ1n) is 10.5. The standard InChI is InChI=1S/C22H25F2N3O4/c1-22(25)9-26(8-13(22)10-3-4-10)18-15(24)5-11-17(20(18)31-2)27(16-6-14(16)23)7-12(19(11)28)21(29)30/h5,7,10,13-14,16H,3-4,6,8-9,25H2,1-2H3,(H,29,30). The summed E-state index contributed by atoms with van der Waals surface area (Å²) >= 11 is 0. The van der Waals surface area contributed by atoms with Crippen LogP contribution in [-0.4, -0.2) is 47.6 Å². The van der Waals surface area contributed by atoms with Crippen LogP contribution in [0.25, 0.3) is 10.9 Å². The Kier molecular flexibility index (Phi) is 4.35. The van der Waals surface area contributed by atoms with E-state index in [9.17, 15) is 19.1 Å². The quantitative estimate of drug-likeness (QED) is 0.753. The molecule has 0 radical (unpaired) electrons. The van der Waals surface area contributed by atoms with Crippen molar-refractivity contribution < 1.29 is 23.4 Å². The van der Waals surface area contributed by atoms with Gasteiger partial charge in [-0.2, -0.15) is 0 Å². The number of aromatic carboxylic acids is 1. The summed E-state index contributed by atoms with van der Waals surface area (Å²) in [5, 5.41) is 9.30. The number of hydrogen-bond donors (Lipinski definition) is 2. The van der Waals surface area contributed by atoms with E-state index in [1.807, 2.05) is 11.8 Å². The Labute approximate surface area is 177 Å². The van der Waals surface area contributed by atoms with Crippen molar-refractivity contribution in [2.45, 2.75) is 43.9 Å². The average molecular weight is 433 g/mol. The Morgan fingerprint density at radius 1 is 1.39 bits per heavy atom. The van der Waals surface area contributed by atoms with E-state index in [0.29, 0.717) is 19.0 Å². The molecule has 4 unspecified atom stereocenters. The molecule has 2 heterocycles. The van der Waals surface area contributed by atoms with Crippen molar-refractivity contribution in [2.75, 3.05) is 25.1 Å². The van der Waals surface area contributed by atoms with E-state index >= 15 is 4.39 Å². The lowest BCUT2D eigenvalue weighted by molar-refractivity contribution is 0.0694. The van der Waals surface area contributed by atoms with Crippen LogP contribution in [0.2, 0.25) is 0 Å². The summed E-state index contributed by atoms with van der Waals surface area (Å²) in [6.45, 7) is 2.94. The average Bonchev–Trinajstić information content (AvgIpc) is 3.61. The number of ether oxygens (including phenoxy) is 1. The predicted octanol–water partition coefficient (Wildman–Crippen LogP) is 2.69. The van der Waals surface area contributed by atoms with Gasteiger partial charge in [0.25, 0.3) is 0 Å². The lowest BCUT2D eigenvalue weighted by Gasteiger charge is -2.26. The minimum absolute atomic E-state index is 0.107. The molecular weight excluding hydrogens is 408 g/mol. The molecule has 0 bridgehead atoms. The molecule has 31 heavy (non-hydrogen) atoms. The van der Waals surface area contributed by atoms with Gasteiger partial charge in [-0.3, -0.25) is 4.79 Å². The fourth-order valence-electron chi connectivity index (χ4n) is 5.18. The highest BCUT2D eigenvalue weighted by molar-refractivity contribution is 5.97. The van der Waals surface area contributed by atoms with Crippen LogP contribution in [0, 0.1) is 17.7 Å². The number of carboxylic acid groups (broad SMARTS) is 1. The molecule has 3 aliphatic rings. The van der Waals surface area contributed by atoms with Crippen LogP contribution in [0.1, 0.15) is 42.6 Å². The van der Waals surface area contributed by atoms with Crippen molar-refractivity contribution in [3.05, 3.63) is 33.9 Å². The Hall–Kier alpha value is -2.68. The third kappa shape index (κ3) is 3.09. The maximum Gasteiger partial charge on any atom is 0.341 e. The first-order valence-corrected chi connectivity index (χ1v) is 10.5. The number of carboxylic acids is 1. The van der Waals surface area contributed by atoms with E-state index in [-0.39, 0.29) is 34.7 Å². The Bertz CT molecular complexity index is 1160. The van der Waals surface area contributed by atoms with Crippen LogP contribution in [0.3, 0.4) is 0 Å². The maximum atomic E-state index is 15.4. The molecule has 1 aromatic heterocycles. The fraction of sp³-hybridized carbons (Fsp3) is 0.545. The molecule has 166 valence electrons. The van der Waals surface area contributed by atoms with E-state index in [2.05, 4.69) is 0 Å². The number of carbonyl (C=O) groups is 1.